The molecule has 1 aromatic heterocycles. The molecule has 5 heteroatoms. The fourth-order valence-electron chi connectivity index (χ4n) is 2.06. The van der Waals surface area contributed by atoms with E-state index >= 15 is 0 Å². The van der Waals surface area contributed by atoms with Crippen molar-refractivity contribution in [2.45, 2.75) is 13.8 Å². The molecule has 0 radical (unpaired) electrons. The van der Waals surface area contributed by atoms with Crippen LogP contribution in [0.15, 0.2) is 36.4 Å². The van der Waals surface area contributed by atoms with Crippen LogP contribution in [0.2, 0.25) is 5.02 Å². The van der Waals surface area contributed by atoms with Crippen molar-refractivity contribution in [1.29, 1.82) is 0 Å². The third kappa shape index (κ3) is 3.12. The summed E-state index contributed by atoms with van der Waals surface area (Å²) in [5.74, 6) is 0.869. The molecular weight excluding hydrogens is 304 g/mol. The molecule has 3 nitrogen and oxygen atoms in total. The van der Waals surface area contributed by atoms with Gasteiger partial charge in [0.05, 0.1) is 27.5 Å². The number of rotatable bonds is 4. The number of benzene rings is 2. The Bertz CT molecular complexity index is 785. The van der Waals surface area contributed by atoms with Gasteiger partial charge in [0.25, 0.3) is 0 Å². The van der Waals surface area contributed by atoms with Gasteiger partial charge in [-0.05, 0) is 49.7 Å². The van der Waals surface area contributed by atoms with E-state index < -0.39 is 0 Å². The highest BCUT2D eigenvalue weighted by Gasteiger charge is 2.07. The Morgan fingerprint density at radius 3 is 2.90 bits per heavy atom. The van der Waals surface area contributed by atoms with E-state index in [1.165, 1.54) is 0 Å². The summed E-state index contributed by atoms with van der Waals surface area (Å²) in [6.45, 7) is 4.67. The molecule has 0 atom stereocenters. The summed E-state index contributed by atoms with van der Waals surface area (Å²) in [6, 6.07) is 11.8. The molecule has 0 fully saturated rings. The predicted molar refractivity (Wildman–Crippen MR) is 90.3 cm³/mol. The smallest absolute Gasteiger partial charge is 0.188 e. The molecule has 108 valence electrons. The van der Waals surface area contributed by atoms with Gasteiger partial charge in [-0.25, -0.2) is 4.98 Å². The molecule has 1 heterocycles. The zero-order valence-electron chi connectivity index (χ0n) is 11.8. The van der Waals surface area contributed by atoms with Crippen molar-refractivity contribution in [3.63, 3.8) is 0 Å². The lowest BCUT2D eigenvalue weighted by atomic mass is 10.2. The van der Waals surface area contributed by atoms with Crippen molar-refractivity contribution < 1.29 is 4.74 Å². The van der Waals surface area contributed by atoms with E-state index in [9.17, 15) is 0 Å². The first-order valence-corrected chi connectivity index (χ1v) is 7.91. The number of fused-ring (bicyclic) bond motifs is 1. The Morgan fingerprint density at radius 2 is 2.10 bits per heavy atom. The standard InChI is InChI=1S/C16H15ClN2OS/c1-3-20-11-5-7-13-15(9-11)21-16(18-13)19-14-8-10(2)4-6-12(14)17/h4-9H,3H2,1-2H3,(H,18,19). The summed E-state index contributed by atoms with van der Waals surface area (Å²) in [6.07, 6.45) is 0. The second kappa shape index (κ2) is 5.92. The molecule has 3 aromatic rings. The fourth-order valence-corrected chi connectivity index (χ4v) is 3.14. The molecule has 0 bridgehead atoms. The molecule has 0 aliphatic carbocycles. The number of thiazole rings is 1. The highest BCUT2D eigenvalue weighted by molar-refractivity contribution is 7.22. The lowest BCUT2D eigenvalue weighted by Crippen LogP contribution is -1.91. The molecule has 0 unspecified atom stereocenters. The zero-order chi connectivity index (χ0) is 14.8. The average Bonchev–Trinajstić information content (AvgIpc) is 2.85. The number of halogens is 1. The van der Waals surface area contributed by atoms with Crippen LogP contribution in [0.1, 0.15) is 12.5 Å². The number of hydrogen-bond donors (Lipinski definition) is 1. The van der Waals surface area contributed by atoms with Crippen LogP contribution >= 0.6 is 22.9 Å². The molecule has 0 aliphatic heterocycles. The molecule has 0 saturated heterocycles. The number of anilines is 2. The number of nitrogens with one attached hydrogen (secondary N) is 1. The normalized spacial score (nSPS) is 10.8. The van der Waals surface area contributed by atoms with E-state index in [1.807, 2.05) is 50.2 Å². The van der Waals surface area contributed by atoms with Crippen molar-refractivity contribution in [2.24, 2.45) is 0 Å². The van der Waals surface area contributed by atoms with Gasteiger partial charge < -0.3 is 10.1 Å². The second-order valence-electron chi connectivity index (χ2n) is 4.69. The number of nitrogens with zero attached hydrogens (tertiary/aromatic N) is 1. The fraction of sp³-hybridized carbons (Fsp3) is 0.188. The number of aromatic nitrogens is 1. The summed E-state index contributed by atoms with van der Waals surface area (Å²) in [7, 11) is 0. The topological polar surface area (TPSA) is 34.1 Å². The van der Waals surface area contributed by atoms with Crippen LogP contribution in [0.25, 0.3) is 10.2 Å². The third-order valence-electron chi connectivity index (χ3n) is 3.03. The summed E-state index contributed by atoms with van der Waals surface area (Å²) in [5, 5.41) is 4.80. The summed E-state index contributed by atoms with van der Waals surface area (Å²) in [5.41, 5.74) is 2.98. The van der Waals surface area contributed by atoms with E-state index in [-0.39, 0.29) is 0 Å². The zero-order valence-corrected chi connectivity index (χ0v) is 13.4. The van der Waals surface area contributed by atoms with Crippen LogP contribution < -0.4 is 10.1 Å². The van der Waals surface area contributed by atoms with E-state index in [2.05, 4.69) is 10.3 Å². The Kier molecular flexibility index (Phi) is 3.99. The van der Waals surface area contributed by atoms with Crippen molar-refractivity contribution >= 4 is 44.0 Å². The monoisotopic (exact) mass is 318 g/mol. The lowest BCUT2D eigenvalue weighted by Gasteiger charge is -2.05. The Labute approximate surface area is 132 Å². The van der Waals surface area contributed by atoms with Crippen molar-refractivity contribution in [2.75, 3.05) is 11.9 Å². The van der Waals surface area contributed by atoms with Crippen LogP contribution in [0, 0.1) is 6.92 Å². The number of aryl methyl sites for hydroxylation is 1. The molecule has 1 N–H and O–H groups in total. The molecular formula is C16H15ClN2OS. The largest absolute Gasteiger partial charge is 0.494 e. The van der Waals surface area contributed by atoms with E-state index in [0.717, 1.165) is 32.3 Å². The first-order valence-electron chi connectivity index (χ1n) is 6.72. The van der Waals surface area contributed by atoms with Gasteiger partial charge in [0.1, 0.15) is 5.75 Å². The minimum Gasteiger partial charge on any atom is -0.494 e. The Morgan fingerprint density at radius 1 is 1.24 bits per heavy atom. The first kappa shape index (κ1) is 14.2. The summed E-state index contributed by atoms with van der Waals surface area (Å²) < 4.78 is 6.60. The van der Waals surface area contributed by atoms with Crippen LogP contribution in [-0.4, -0.2) is 11.6 Å². The maximum Gasteiger partial charge on any atom is 0.188 e. The quantitative estimate of drug-likeness (QED) is 0.699. The molecule has 0 aliphatic rings. The highest BCUT2D eigenvalue weighted by atomic mass is 35.5. The van der Waals surface area contributed by atoms with Gasteiger partial charge in [-0.1, -0.05) is 29.0 Å². The summed E-state index contributed by atoms with van der Waals surface area (Å²) in [4.78, 5) is 4.57. The van der Waals surface area contributed by atoms with Crippen molar-refractivity contribution in [3.05, 3.63) is 47.0 Å². The first-order chi connectivity index (χ1) is 10.2. The van der Waals surface area contributed by atoms with Gasteiger partial charge in [0, 0.05) is 0 Å². The number of ether oxygens (including phenoxy) is 1. The third-order valence-corrected chi connectivity index (χ3v) is 4.30. The van der Waals surface area contributed by atoms with Crippen molar-refractivity contribution in [1.82, 2.24) is 4.98 Å². The summed E-state index contributed by atoms with van der Waals surface area (Å²) >= 11 is 7.79. The van der Waals surface area contributed by atoms with Gasteiger partial charge in [0.15, 0.2) is 5.13 Å². The maximum atomic E-state index is 6.21. The number of hydrogen-bond acceptors (Lipinski definition) is 4. The van der Waals surface area contributed by atoms with Gasteiger partial charge in [-0.2, -0.15) is 0 Å². The Hall–Kier alpha value is -1.78. The molecule has 2 aromatic carbocycles. The second-order valence-corrected chi connectivity index (χ2v) is 6.13. The lowest BCUT2D eigenvalue weighted by molar-refractivity contribution is 0.341. The van der Waals surface area contributed by atoms with E-state index in [0.29, 0.717) is 11.6 Å². The molecule has 0 spiro atoms. The minimum atomic E-state index is 0.661. The van der Waals surface area contributed by atoms with Crippen LogP contribution in [0.3, 0.4) is 0 Å². The maximum absolute atomic E-state index is 6.21. The van der Waals surface area contributed by atoms with Gasteiger partial charge in [0.2, 0.25) is 0 Å². The molecule has 21 heavy (non-hydrogen) atoms. The van der Waals surface area contributed by atoms with Crippen LogP contribution in [-0.2, 0) is 0 Å². The van der Waals surface area contributed by atoms with Gasteiger partial charge in [-0.3, -0.25) is 0 Å². The molecule has 3 rings (SSSR count). The van der Waals surface area contributed by atoms with Crippen molar-refractivity contribution in [3.8, 4) is 5.75 Å². The van der Waals surface area contributed by atoms with E-state index in [1.54, 1.807) is 11.3 Å². The van der Waals surface area contributed by atoms with Crippen LogP contribution in [0.5, 0.6) is 5.75 Å². The van der Waals surface area contributed by atoms with Gasteiger partial charge >= 0.3 is 0 Å². The van der Waals surface area contributed by atoms with Gasteiger partial charge in [-0.15, -0.1) is 0 Å². The SMILES string of the molecule is CCOc1ccc2nc(Nc3cc(C)ccc3Cl)sc2c1. The Balaban J connectivity index is 1.92. The molecule has 0 saturated carbocycles. The highest BCUT2D eigenvalue weighted by Crippen LogP contribution is 2.33. The predicted octanol–water partition coefficient (Wildman–Crippen LogP) is 5.40. The average molecular weight is 319 g/mol. The van der Waals surface area contributed by atoms with E-state index in [4.69, 9.17) is 16.3 Å². The minimum absolute atomic E-state index is 0.661. The molecule has 0 amide bonds. The van der Waals surface area contributed by atoms with Crippen LogP contribution in [0.4, 0.5) is 10.8 Å².